The zero-order chi connectivity index (χ0) is 3.41. The van der Waals surface area contributed by atoms with Crippen LogP contribution in [0, 0.1) is 10.7 Å². The SMILES string of the molecule is N#CS[S-].[Na+].[Na+]. The summed E-state index contributed by atoms with van der Waals surface area (Å²) in [4.78, 5) is 0. The van der Waals surface area contributed by atoms with Gasteiger partial charge in [-0.25, -0.2) is 10.8 Å². The zero-order valence-corrected chi connectivity index (χ0v) is 9.40. The monoisotopic (exact) mass is 136 g/mol. The summed E-state index contributed by atoms with van der Waals surface area (Å²) in [6.07, 6.45) is 0. The second kappa shape index (κ2) is 15.7. The minimum atomic E-state index is 0. The molecule has 0 rings (SSSR count). The van der Waals surface area contributed by atoms with Crippen molar-refractivity contribution < 1.29 is 59.1 Å². The van der Waals surface area contributed by atoms with Crippen LogP contribution in [0.2, 0.25) is 0 Å². The van der Waals surface area contributed by atoms with Crippen LogP contribution in [0.15, 0.2) is 0 Å². The molecular weight excluding hydrogens is 136 g/mol. The molecule has 0 aromatic rings. The van der Waals surface area contributed by atoms with Gasteiger partial charge in [0.2, 0.25) is 0 Å². The predicted molar refractivity (Wildman–Crippen MR) is 20.6 cm³/mol. The molecule has 0 fully saturated rings. The Hall–Kier alpha value is 2.19. The Kier molecular flexibility index (Phi) is 41.1. The third-order valence-corrected chi connectivity index (χ3v) is 0.335. The first-order chi connectivity index (χ1) is 1.91. The van der Waals surface area contributed by atoms with Crippen molar-refractivity contribution in [3.63, 3.8) is 0 Å². The Morgan fingerprint density at radius 1 is 1.50 bits per heavy atom. The molecular formula is CNNa2S2+. The van der Waals surface area contributed by atoms with E-state index in [1.54, 1.807) is 5.40 Å². The van der Waals surface area contributed by atoms with Crippen molar-refractivity contribution in [3.05, 3.63) is 0 Å². The van der Waals surface area contributed by atoms with E-state index in [1.807, 2.05) is 0 Å². The summed E-state index contributed by atoms with van der Waals surface area (Å²) in [6, 6.07) is 0. The van der Waals surface area contributed by atoms with Crippen LogP contribution < -0.4 is 59.1 Å². The first kappa shape index (κ1) is 15.7. The van der Waals surface area contributed by atoms with Crippen LogP contribution in [-0.4, -0.2) is 0 Å². The molecule has 0 radical (unpaired) electrons. The minimum Gasteiger partial charge on any atom is -0.703 e. The molecule has 0 saturated heterocycles. The molecule has 1 nitrogen and oxygen atoms in total. The Morgan fingerprint density at radius 3 is 1.67 bits per heavy atom. The van der Waals surface area contributed by atoms with E-state index >= 15 is 0 Å². The van der Waals surface area contributed by atoms with Gasteiger partial charge in [-0.05, 0) is 0 Å². The Labute approximate surface area is 90.6 Å². The fourth-order valence-corrected chi connectivity index (χ4v) is 0. The second-order valence-corrected chi connectivity index (χ2v) is 1.02. The molecule has 0 aliphatic heterocycles. The fourth-order valence-electron chi connectivity index (χ4n) is 0. The van der Waals surface area contributed by atoms with Crippen LogP contribution in [0.3, 0.4) is 0 Å². The van der Waals surface area contributed by atoms with E-state index in [0.717, 1.165) is 10.8 Å². The number of nitrogens with zero attached hydrogens (tertiary/aromatic N) is 1. The molecule has 6 heavy (non-hydrogen) atoms. The molecule has 0 bridgehead atoms. The van der Waals surface area contributed by atoms with E-state index in [-0.39, 0.29) is 59.1 Å². The summed E-state index contributed by atoms with van der Waals surface area (Å²) in [6.45, 7) is 0. The van der Waals surface area contributed by atoms with Crippen LogP contribution in [-0.2, 0) is 11.7 Å². The van der Waals surface area contributed by atoms with Gasteiger partial charge in [0.05, 0.1) is 0 Å². The summed E-state index contributed by atoms with van der Waals surface area (Å²) < 4.78 is 0. The van der Waals surface area contributed by atoms with E-state index in [9.17, 15) is 0 Å². The molecule has 0 aliphatic carbocycles. The van der Waals surface area contributed by atoms with Gasteiger partial charge in [0, 0.05) is 0 Å². The largest absolute Gasteiger partial charge is 1.00 e. The average molecular weight is 136 g/mol. The van der Waals surface area contributed by atoms with Gasteiger partial charge >= 0.3 is 59.1 Å². The Morgan fingerprint density at radius 2 is 1.67 bits per heavy atom. The number of nitriles is 1. The van der Waals surface area contributed by atoms with Crippen molar-refractivity contribution in [2.45, 2.75) is 0 Å². The van der Waals surface area contributed by atoms with Crippen molar-refractivity contribution in [1.82, 2.24) is 0 Å². The van der Waals surface area contributed by atoms with Gasteiger partial charge in [0.25, 0.3) is 0 Å². The number of rotatable bonds is 0. The maximum atomic E-state index is 7.48. The second-order valence-electron chi connectivity index (χ2n) is 0.175. The maximum absolute atomic E-state index is 7.48. The van der Waals surface area contributed by atoms with Gasteiger partial charge in [0.15, 0.2) is 0 Å². The van der Waals surface area contributed by atoms with Gasteiger partial charge in [-0.3, -0.25) is 0 Å². The topological polar surface area (TPSA) is 23.8 Å². The average Bonchev–Trinajstić information content (AvgIpc) is 1.37. The van der Waals surface area contributed by atoms with E-state index in [2.05, 4.69) is 11.7 Å². The van der Waals surface area contributed by atoms with E-state index < -0.39 is 0 Å². The molecule has 5 heteroatoms. The summed E-state index contributed by atoms with van der Waals surface area (Å²) in [7, 11) is 0.745. The molecule has 0 aromatic heterocycles. The molecule has 0 heterocycles. The van der Waals surface area contributed by atoms with Gasteiger partial charge in [-0.2, -0.15) is 5.26 Å². The summed E-state index contributed by atoms with van der Waals surface area (Å²) in [5, 5.41) is 9.15. The van der Waals surface area contributed by atoms with Crippen LogP contribution in [0.5, 0.6) is 0 Å². The molecule has 0 N–H and O–H groups in total. The van der Waals surface area contributed by atoms with Crippen molar-refractivity contribution in [3.8, 4) is 5.40 Å². The third-order valence-electron chi connectivity index (χ3n) is 0.0373. The summed E-state index contributed by atoms with van der Waals surface area (Å²) in [5.41, 5.74) is 0. The minimum absolute atomic E-state index is 0. The van der Waals surface area contributed by atoms with Gasteiger partial charge in [-0.15, -0.1) is 0 Å². The summed E-state index contributed by atoms with van der Waals surface area (Å²) in [5.74, 6) is 0. The molecule has 0 aliphatic rings. The van der Waals surface area contributed by atoms with Crippen LogP contribution >= 0.6 is 10.8 Å². The van der Waals surface area contributed by atoms with Crippen molar-refractivity contribution in [2.24, 2.45) is 0 Å². The van der Waals surface area contributed by atoms with Crippen molar-refractivity contribution in [2.75, 3.05) is 0 Å². The first-order valence-corrected chi connectivity index (χ1v) is 2.34. The molecule has 22 valence electrons. The quantitative estimate of drug-likeness (QED) is 0.144. The molecule has 0 spiro atoms. The fraction of sp³-hybridized carbons (Fsp3) is 0. The third kappa shape index (κ3) is 16.4. The van der Waals surface area contributed by atoms with Crippen LogP contribution in [0.1, 0.15) is 0 Å². The molecule has 0 aromatic carbocycles. The smallest absolute Gasteiger partial charge is 0.703 e. The molecule has 0 unspecified atom stereocenters. The zero-order valence-electron chi connectivity index (χ0n) is 3.76. The van der Waals surface area contributed by atoms with Crippen LogP contribution in [0.4, 0.5) is 0 Å². The van der Waals surface area contributed by atoms with E-state index in [4.69, 9.17) is 5.26 Å². The molecule has 0 atom stereocenters. The van der Waals surface area contributed by atoms with Gasteiger partial charge < -0.3 is 11.7 Å². The normalized spacial score (nSPS) is 3.33. The van der Waals surface area contributed by atoms with E-state index in [0.29, 0.717) is 0 Å². The van der Waals surface area contributed by atoms with E-state index in [1.165, 1.54) is 0 Å². The predicted octanol–water partition coefficient (Wildman–Crippen LogP) is -5.33. The Balaban J connectivity index is -0.0000000450. The van der Waals surface area contributed by atoms with Crippen LogP contribution in [0.25, 0.3) is 0 Å². The number of hydrogen-bond acceptors (Lipinski definition) is 3. The maximum Gasteiger partial charge on any atom is 1.00 e. The standard InChI is InChI=1S/CHNS2.2Na/c2-1-4-3;;/h3H;;/q;2*+1/p-1. The van der Waals surface area contributed by atoms with Gasteiger partial charge in [-0.1, -0.05) is 0 Å². The van der Waals surface area contributed by atoms with Crippen molar-refractivity contribution >= 4 is 22.5 Å². The number of thiocyanates is 1. The first-order valence-electron chi connectivity index (χ1n) is 0.594. The molecule has 0 saturated carbocycles. The Bertz CT molecular complexity index is 41.3. The molecule has 0 amide bonds. The number of hydrogen-bond donors (Lipinski definition) is 0. The van der Waals surface area contributed by atoms with Crippen molar-refractivity contribution in [1.29, 1.82) is 5.26 Å². The van der Waals surface area contributed by atoms with Gasteiger partial charge in [0.1, 0.15) is 5.40 Å². The summed E-state index contributed by atoms with van der Waals surface area (Å²) >= 11 is 4.11.